The van der Waals surface area contributed by atoms with E-state index >= 15 is 0 Å². The molecule has 0 aromatic carbocycles. The third-order valence-electron chi connectivity index (χ3n) is 2.72. The van der Waals surface area contributed by atoms with Crippen LogP contribution in [0.4, 0.5) is 0 Å². The molecule has 0 fully saturated rings. The first kappa shape index (κ1) is 14.6. The molecule has 0 saturated heterocycles. The van der Waals surface area contributed by atoms with Crippen LogP contribution in [0.3, 0.4) is 0 Å². The number of thiazole rings is 1. The van der Waals surface area contributed by atoms with Crippen LogP contribution < -0.4 is 11.1 Å². The molecule has 0 amide bonds. The minimum atomic E-state index is 0.471. The lowest BCUT2D eigenvalue weighted by Gasteiger charge is -2.06. The summed E-state index contributed by atoms with van der Waals surface area (Å²) in [5, 5.41) is 5.95. The normalized spacial score (nSPS) is 12.1. The molecule has 2 aromatic heterocycles. The molecule has 0 atom stereocenters. The summed E-state index contributed by atoms with van der Waals surface area (Å²) in [6.07, 6.45) is 2.72. The Kier molecular flexibility index (Phi) is 5.17. The summed E-state index contributed by atoms with van der Waals surface area (Å²) in [6, 6.07) is 3.75. The predicted octanol–water partition coefficient (Wildman–Crippen LogP) is 2.85. The Morgan fingerprint density at radius 2 is 2.40 bits per heavy atom. The second-order valence-electron chi connectivity index (χ2n) is 4.93. The van der Waals surface area contributed by atoms with Crippen LogP contribution in [0.15, 0.2) is 33.2 Å². The summed E-state index contributed by atoms with van der Waals surface area (Å²) in [6.45, 7) is 5.69. The van der Waals surface area contributed by atoms with Gasteiger partial charge in [0.2, 0.25) is 0 Å². The van der Waals surface area contributed by atoms with Crippen molar-refractivity contribution in [1.29, 1.82) is 0 Å². The first-order chi connectivity index (χ1) is 9.65. The summed E-state index contributed by atoms with van der Waals surface area (Å²) >= 11 is 1.55. The zero-order valence-electron chi connectivity index (χ0n) is 11.8. The average Bonchev–Trinajstić information content (AvgIpc) is 3.06. The highest BCUT2D eigenvalue weighted by Crippen LogP contribution is 2.24. The van der Waals surface area contributed by atoms with Crippen LogP contribution in [-0.4, -0.2) is 17.5 Å². The number of nitrogens with zero attached hydrogens (tertiary/aromatic N) is 2. The molecule has 0 aliphatic heterocycles. The van der Waals surface area contributed by atoms with E-state index in [9.17, 15) is 0 Å². The fourth-order valence-electron chi connectivity index (χ4n) is 1.60. The van der Waals surface area contributed by atoms with Crippen molar-refractivity contribution in [3.05, 3.63) is 29.5 Å². The number of nitrogens with one attached hydrogen (secondary N) is 1. The second kappa shape index (κ2) is 7.09. The molecule has 0 radical (unpaired) electrons. The first-order valence-electron chi connectivity index (χ1n) is 6.67. The number of aromatic nitrogens is 1. The Bertz CT molecular complexity index is 545. The zero-order valence-corrected chi connectivity index (χ0v) is 12.6. The summed E-state index contributed by atoms with van der Waals surface area (Å²) in [4.78, 5) is 8.75. The molecular formula is C14H20N4OS. The van der Waals surface area contributed by atoms with Gasteiger partial charge < -0.3 is 15.5 Å². The molecule has 0 spiro atoms. The largest absolute Gasteiger partial charge is 0.462 e. The van der Waals surface area contributed by atoms with Crippen LogP contribution in [0.25, 0.3) is 10.8 Å². The van der Waals surface area contributed by atoms with E-state index in [-0.39, 0.29) is 0 Å². The fourth-order valence-corrected chi connectivity index (χ4v) is 2.38. The maximum Gasteiger partial charge on any atom is 0.188 e. The van der Waals surface area contributed by atoms with Gasteiger partial charge in [0, 0.05) is 11.9 Å². The first-order valence-corrected chi connectivity index (χ1v) is 7.55. The highest BCUT2D eigenvalue weighted by molar-refractivity contribution is 7.13. The van der Waals surface area contributed by atoms with Crippen molar-refractivity contribution in [3.63, 3.8) is 0 Å². The zero-order chi connectivity index (χ0) is 14.4. The lowest BCUT2D eigenvalue weighted by molar-refractivity contribution is 0.576. The van der Waals surface area contributed by atoms with E-state index in [1.54, 1.807) is 17.6 Å². The molecule has 0 unspecified atom stereocenters. The second-order valence-corrected chi connectivity index (χ2v) is 5.79. The number of hydrogen-bond donors (Lipinski definition) is 2. The number of rotatable bonds is 6. The Morgan fingerprint density at radius 3 is 3.10 bits per heavy atom. The molecule has 108 valence electrons. The standard InChI is InChI=1S/C14H20N4OS/c1-10(2)5-6-16-14(15)17-8-11-9-20-13(18-11)12-4-3-7-19-12/h3-4,7,9-10H,5-6,8H2,1-2H3,(H3,15,16,17). The summed E-state index contributed by atoms with van der Waals surface area (Å²) < 4.78 is 5.31. The van der Waals surface area contributed by atoms with Crippen molar-refractivity contribution in [3.8, 4) is 10.8 Å². The van der Waals surface area contributed by atoms with E-state index in [0.29, 0.717) is 18.4 Å². The fraction of sp³-hybridized carbons (Fsp3) is 0.429. The topological polar surface area (TPSA) is 76.4 Å². The molecule has 6 heteroatoms. The van der Waals surface area contributed by atoms with E-state index < -0.39 is 0 Å². The third kappa shape index (κ3) is 4.38. The van der Waals surface area contributed by atoms with Gasteiger partial charge in [0.25, 0.3) is 0 Å². The van der Waals surface area contributed by atoms with Gasteiger partial charge in [0.1, 0.15) is 0 Å². The van der Waals surface area contributed by atoms with Crippen molar-refractivity contribution in [2.75, 3.05) is 6.54 Å². The van der Waals surface area contributed by atoms with Gasteiger partial charge >= 0.3 is 0 Å². The number of hydrogen-bond acceptors (Lipinski definition) is 4. The van der Waals surface area contributed by atoms with E-state index in [1.165, 1.54) is 0 Å². The monoisotopic (exact) mass is 292 g/mol. The van der Waals surface area contributed by atoms with Gasteiger partial charge in [-0.2, -0.15) is 0 Å². The van der Waals surface area contributed by atoms with Crippen molar-refractivity contribution < 1.29 is 4.42 Å². The number of nitrogens with two attached hydrogens (primary N) is 1. The third-order valence-corrected chi connectivity index (χ3v) is 3.63. The molecule has 2 aromatic rings. The predicted molar refractivity (Wildman–Crippen MR) is 82.6 cm³/mol. The molecule has 5 nitrogen and oxygen atoms in total. The maximum atomic E-state index is 5.81. The van der Waals surface area contributed by atoms with Gasteiger partial charge in [-0.05, 0) is 24.5 Å². The average molecular weight is 292 g/mol. The van der Waals surface area contributed by atoms with Gasteiger partial charge in [-0.25, -0.2) is 9.98 Å². The van der Waals surface area contributed by atoms with E-state index in [4.69, 9.17) is 10.2 Å². The number of guanidine groups is 1. The molecule has 3 N–H and O–H groups in total. The van der Waals surface area contributed by atoms with Crippen molar-refractivity contribution >= 4 is 17.3 Å². The smallest absolute Gasteiger partial charge is 0.188 e. The van der Waals surface area contributed by atoms with Crippen LogP contribution in [-0.2, 0) is 6.54 Å². The minimum absolute atomic E-state index is 0.471. The molecule has 0 aliphatic carbocycles. The lowest BCUT2D eigenvalue weighted by Crippen LogP contribution is -2.32. The van der Waals surface area contributed by atoms with Gasteiger partial charge in [-0.15, -0.1) is 11.3 Å². The quantitative estimate of drug-likeness (QED) is 0.634. The number of aliphatic imine (C=N–C) groups is 1. The molecule has 0 aliphatic rings. The summed E-state index contributed by atoms with van der Waals surface area (Å²) in [5.74, 6) is 1.91. The van der Waals surface area contributed by atoms with Gasteiger partial charge in [-0.1, -0.05) is 13.8 Å². The summed E-state index contributed by atoms with van der Waals surface area (Å²) in [7, 11) is 0. The van der Waals surface area contributed by atoms with E-state index in [2.05, 4.69) is 29.1 Å². The van der Waals surface area contributed by atoms with Crippen LogP contribution in [0.1, 0.15) is 26.0 Å². The molecule has 2 heterocycles. The highest BCUT2D eigenvalue weighted by atomic mass is 32.1. The van der Waals surface area contributed by atoms with Gasteiger partial charge in [0.15, 0.2) is 16.7 Å². The van der Waals surface area contributed by atoms with E-state index in [1.807, 2.05) is 17.5 Å². The molecular weight excluding hydrogens is 272 g/mol. The molecule has 20 heavy (non-hydrogen) atoms. The molecule has 0 bridgehead atoms. The van der Waals surface area contributed by atoms with Gasteiger partial charge in [-0.3, -0.25) is 0 Å². The van der Waals surface area contributed by atoms with Crippen LogP contribution in [0, 0.1) is 5.92 Å². The Morgan fingerprint density at radius 1 is 1.55 bits per heavy atom. The van der Waals surface area contributed by atoms with Gasteiger partial charge in [0.05, 0.1) is 18.5 Å². The highest BCUT2D eigenvalue weighted by Gasteiger charge is 2.06. The van der Waals surface area contributed by atoms with E-state index in [0.717, 1.165) is 29.4 Å². The van der Waals surface area contributed by atoms with Crippen LogP contribution >= 0.6 is 11.3 Å². The minimum Gasteiger partial charge on any atom is -0.462 e. The molecule has 2 rings (SSSR count). The van der Waals surface area contributed by atoms with Crippen molar-refractivity contribution in [2.24, 2.45) is 16.6 Å². The number of furan rings is 1. The van der Waals surface area contributed by atoms with Crippen molar-refractivity contribution in [2.45, 2.75) is 26.8 Å². The lowest BCUT2D eigenvalue weighted by atomic mass is 10.1. The molecule has 0 saturated carbocycles. The van der Waals surface area contributed by atoms with Crippen molar-refractivity contribution in [1.82, 2.24) is 10.3 Å². The summed E-state index contributed by atoms with van der Waals surface area (Å²) in [5.41, 5.74) is 6.70. The maximum absolute atomic E-state index is 5.81. The Balaban J connectivity index is 1.84. The van der Waals surface area contributed by atoms with Crippen LogP contribution in [0.2, 0.25) is 0 Å². The van der Waals surface area contributed by atoms with Crippen LogP contribution in [0.5, 0.6) is 0 Å². The SMILES string of the molecule is CC(C)CCNC(N)=NCc1csc(-c2ccco2)n1. The Hall–Kier alpha value is -1.82. The Labute approximate surface area is 122 Å².